The van der Waals surface area contributed by atoms with Crippen LogP contribution in [0, 0.1) is 26.7 Å². The highest BCUT2D eigenvalue weighted by Crippen LogP contribution is 2.50. The molecule has 1 aromatic heterocycles. The fraction of sp³-hybridized carbons (Fsp3) is 0.333. The molecule has 3 aromatic carbocycles. The number of amidine groups is 1. The second-order valence-electron chi connectivity index (χ2n) is 11.4. The molecule has 0 N–H and O–H groups in total. The summed E-state index contributed by atoms with van der Waals surface area (Å²) in [5, 5.41) is 5.28. The van der Waals surface area contributed by atoms with Gasteiger partial charge in [-0.3, -0.25) is 4.79 Å². The Hall–Kier alpha value is -4.12. The van der Waals surface area contributed by atoms with Gasteiger partial charge in [-0.05, 0) is 86.4 Å². The number of carbonyl (C=O) groups is 1. The normalized spacial score (nSPS) is 19.3. The third kappa shape index (κ3) is 6.83. The molecule has 2 heterocycles. The Balaban J connectivity index is 1.07. The second kappa shape index (κ2) is 12.1. The Morgan fingerprint density at radius 2 is 1.75 bits per heavy atom. The van der Waals surface area contributed by atoms with E-state index in [0.717, 1.165) is 41.6 Å². The minimum atomic E-state index is -4.74. The largest absolute Gasteiger partial charge is 0.573 e. The molecule has 2 unspecified atom stereocenters. The average Bonchev–Trinajstić information content (AvgIpc) is 3.54. The zero-order chi connectivity index (χ0) is 31.0. The van der Waals surface area contributed by atoms with Crippen molar-refractivity contribution >= 4 is 28.5 Å². The number of ether oxygens (including phenoxy) is 1. The first-order valence-electron chi connectivity index (χ1n) is 14.5. The number of nitrogens with zero attached hydrogens (tertiary/aromatic N) is 5. The van der Waals surface area contributed by atoms with Crippen molar-refractivity contribution in [3.8, 4) is 22.8 Å². The van der Waals surface area contributed by atoms with Gasteiger partial charge in [-0.1, -0.05) is 53.7 Å². The van der Waals surface area contributed by atoms with E-state index in [1.165, 1.54) is 57.5 Å². The lowest BCUT2D eigenvalue weighted by molar-refractivity contribution is -0.274. The van der Waals surface area contributed by atoms with Crippen LogP contribution in [-0.2, 0) is 4.79 Å². The number of halogens is 3. The maximum absolute atomic E-state index is 13.1. The van der Waals surface area contributed by atoms with E-state index < -0.39 is 6.36 Å². The van der Waals surface area contributed by atoms with Crippen molar-refractivity contribution in [3.05, 3.63) is 89.2 Å². The number of aliphatic imine (C=N–C) groups is 1. The number of aryl methyl sites for hydroxylation is 3. The number of hydrogen-bond acceptors (Lipinski definition) is 5. The Labute approximate surface area is 258 Å². The zero-order valence-electron chi connectivity index (χ0n) is 24.6. The molecule has 1 aliphatic heterocycles. The van der Waals surface area contributed by atoms with Crippen molar-refractivity contribution in [1.82, 2.24) is 14.8 Å². The Morgan fingerprint density at radius 3 is 2.43 bits per heavy atom. The summed E-state index contributed by atoms with van der Waals surface area (Å²) in [7, 11) is 0. The Bertz CT molecular complexity index is 1680. The van der Waals surface area contributed by atoms with E-state index in [0.29, 0.717) is 23.9 Å². The number of thioether (sulfide) groups is 1. The molecule has 1 saturated carbocycles. The third-order valence-corrected chi connectivity index (χ3v) is 8.96. The van der Waals surface area contributed by atoms with Crippen molar-refractivity contribution in [2.24, 2.45) is 10.9 Å². The predicted molar refractivity (Wildman–Crippen MR) is 166 cm³/mol. The highest BCUT2D eigenvalue weighted by atomic mass is 32.2. The van der Waals surface area contributed by atoms with Crippen molar-refractivity contribution in [2.45, 2.75) is 52.3 Å². The van der Waals surface area contributed by atoms with E-state index >= 15 is 0 Å². The molecule has 2 fully saturated rings. The smallest absolute Gasteiger partial charge is 0.406 e. The Kier molecular flexibility index (Phi) is 8.24. The molecule has 228 valence electrons. The van der Waals surface area contributed by atoms with Crippen LogP contribution in [0.15, 0.2) is 72.0 Å². The quantitative estimate of drug-likeness (QED) is 0.210. The number of anilines is 1. The van der Waals surface area contributed by atoms with Gasteiger partial charge in [0.1, 0.15) is 12.1 Å². The molecular weight excluding hydrogens is 587 g/mol. The number of hydrogen-bond donors (Lipinski definition) is 0. The number of rotatable bonds is 7. The summed E-state index contributed by atoms with van der Waals surface area (Å²) in [5.74, 6) is 1.67. The zero-order valence-corrected chi connectivity index (χ0v) is 25.5. The highest BCUT2D eigenvalue weighted by molar-refractivity contribution is 8.14. The minimum Gasteiger partial charge on any atom is -0.406 e. The summed E-state index contributed by atoms with van der Waals surface area (Å²) in [5.41, 5.74) is 7.33. The van der Waals surface area contributed by atoms with E-state index in [9.17, 15) is 18.0 Å². The van der Waals surface area contributed by atoms with E-state index in [4.69, 9.17) is 0 Å². The average molecular weight is 620 g/mol. The minimum absolute atomic E-state index is 0.0707. The summed E-state index contributed by atoms with van der Waals surface area (Å²) in [4.78, 5) is 24.3. The van der Waals surface area contributed by atoms with Gasteiger partial charge in [-0.15, -0.1) is 18.3 Å². The molecular formula is C33H32F3N5O2S. The monoisotopic (exact) mass is 619 g/mol. The molecule has 2 atom stereocenters. The maximum Gasteiger partial charge on any atom is 0.573 e. The maximum atomic E-state index is 13.1. The van der Waals surface area contributed by atoms with Crippen LogP contribution >= 0.6 is 11.8 Å². The van der Waals surface area contributed by atoms with Gasteiger partial charge in [0.15, 0.2) is 11.0 Å². The molecule has 2 aliphatic rings. The highest BCUT2D eigenvalue weighted by Gasteiger charge is 2.40. The van der Waals surface area contributed by atoms with Crippen LogP contribution in [0.2, 0.25) is 0 Å². The Morgan fingerprint density at radius 1 is 1.05 bits per heavy atom. The summed E-state index contributed by atoms with van der Waals surface area (Å²) < 4.78 is 42.7. The topological polar surface area (TPSA) is 72.6 Å². The molecule has 1 aliphatic carbocycles. The van der Waals surface area contributed by atoms with Crippen molar-refractivity contribution in [3.63, 3.8) is 0 Å². The molecule has 0 spiro atoms. The SMILES string of the molecule is Cc1cc(C)c(N2CCCSC2=NC(=O)CC2CC2c2ccc(-c3ncn(-c4ccc(OC(F)(F)F)cc4)n3)cc2)c(C)c1. The lowest BCUT2D eigenvalue weighted by Crippen LogP contribution is -2.35. The number of amides is 1. The molecule has 1 amide bonds. The van der Waals surface area contributed by atoms with Crippen LogP contribution in [-0.4, -0.2) is 44.5 Å². The fourth-order valence-corrected chi connectivity index (χ4v) is 6.88. The van der Waals surface area contributed by atoms with E-state index in [-0.39, 0.29) is 17.6 Å². The van der Waals surface area contributed by atoms with Gasteiger partial charge >= 0.3 is 6.36 Å². The molecule has 0 radical (unpaired) electrons. The van der Waals surface area contributed by atoms with Gasteiger partial charge in [0.25, 0.3) is 0 Å². The number of alkyl halides is 3. The molecule has 0 bridgehead atoms. The standard InChI is InChI=1S/C33H32F3N5O2S/c1-20-15-21(2)30(22(3)16-20)40-13-4-14-44-32(40)38-29(42)18-25-17-28(25)23-5-7-24(8-6-23)31-37-19-41(39-31)26-9-11-27(12-10-26)43-33(34,35)36/h5-12,15-16,19,25,28H,4,13-14,17-18H2,1-3H3. The summed E-state index contributed by atoms with van der Waals surface area (Å²) in [6, 6.07) is 17.8. The summed E-state index contributed by atoms with van der Waals surface area (Å²) in [6.07, 6.45) is -0.803. The number of carbonyl (C=O) groups excluding carboxylic acids is 1. The summed E-state index contributed by atoms with van der Waals surface area (Å²) >= 11 is 1.66. The molecule has 11 heteroatoms. The first-order chi connectivity index (χ1) is 21.0. The summed E-state index contributed by atoms with van der Waals surface area (Å²) in [6.45, 7) is 7.20. The van der Waals surface area contributed by atoms with Crippen molar-refractivity contribution in [2.75, 3.05) is 17.2 Å². The molecule has 7 nitrogen and oxygen atoms in total. The van der Waals surface area contributed by atoms with Crippen LogP contribution in [0.4, 0.5) is 18.9 Å². The fourth-order valence-electron chi connectivity index (χ4n) is 5.92. The van der Waals surface area contributed by atoms with Gasteiger partial charge in [-0.25, -0.2) is 9.67 Å². The van der Waals surface area contributed by atoms with Crippen LogP contribution in [0.1, 0.15) is 47.4 Å². The van der Waals surface area contributed by atoms with Gasteiger partial charge in [0.2, 0.25) is 5.91 Å². The van der Waals surface area contributed by atoms with Crippen LogP contribution in [0.5, 0.6) is 5.75 Å². The predicted octanol–water partition coefficient (Wildman–Crippen LogP) is 7.78. The first kappa shape index (κ1) is 29.9. The number of benzene rings is 3. The first-order valence-corrected chi connectivity index (χ1v) is 15.5. The van der Waals surface area contributed by atoms with Crippen molar-refractivity contribution < 1.29 is 22.7 Å². The molecule has 44 heavy (non-hydrogen) atoms. The molecule has 6 rings (SSSR count). The van der Waals surface area contributed by atoms with Gasteiger partial charge < -0.3 is 9.64 Å². The van der Waals surface area contributed by atoms with E-state index in [1.54, 1.807) is 11.8 Å². The van der Waals surface area contributed by atoms with Gasteiger partial charge in [0, 0.05) is 30.0 Å². The lowest BCUT2D eigenvalue weighted by atomic mass is 10.0. The van der Waals surface area contributed by atoms with Crippen LogP contribution in [0.3, 0.4) is 0 Å². The number of aromatic nitrogens is 3. The van der Waals surface area contributed by atoms with E-state index in [1.807, 2.05) is 24.3 Å². The van der Waals surface area contributed by atoms with Gasteiger partial charge in [-0.2, -0.15) is 4.99 Å². The van der Waals surface area contributed by atoms with Gasteiger partial charge in [0.05, 0.1) is 5.69 Å². The van der Waals surface area contributed by atoms with E-state index in [2.05, 4.69) is 57.6 Å². The molecule has 4 aromatic rings. The third-order valence-electron chi connectivity index (χ3n) is 7.90. The molecule has 1 saturated heterocycles. The van der Waals surface area contributed by atoms with Crippen molar-refractivity contribution in [1.29, 1.82) is 0 Å². The van der Waals surface area contributed by atoms with Crippen LogP contribution in [0.25, 0.3) is 17.1 Å². The lowest BCUT2D eigenvalue weighted by Gasteiger charge is -2.32. The van der Waals surface area contributed by atoms with Crippen LogP contribution < -0.4 is 9.64 Å². The second-order valence-corrected chi connectivity index (χ2v) is 12.4.